The summed E-state index contributed by atoms with van der Waals surface area (Å²) in [5.74, 6) is 0.175. The largest absolute Gasteiger partial charge is 0.370 e. The summed E-state index contributed by atoms with van der Waals surface area (Å²) in [6, 6.07) is 35.9. The fourth-order valence-corrected chi connectivity index (χ4v) is 16.6. The molecule has 2 aliphatic rings. The van der Waals surface area contributed by atoms with Crippen molar-refractivity contribution in [3.05, 3.63) is 311 Å². The van der Waals surface area contributed by atoms with Gasteiger partial charge in [-0.05, 0) is 161 Å². The maximum atomic E-state index is 14.2. The summed E-state index contributed by atoms with van der Waals surface area (Å²) in [4.78, 5) is 47.5. The lowest BCUT2D eigenvalue weighted by molar-refractivity contribution is 0.590. The lowest BCUT2D eigenvalue weighted by Gasteiger charge is -2.12. The van der Waals surface area contributed by atoms with Gasteiger partial charge in [0.05, 0.1) is 83.4 Å². The summed E-state index contributed by atoms with van der Waals surface area (Å²) in [6.45, 7) is 12.4. The summed E-state index contributed by atoms with van der Waals surface area (Å²) < 4.78 is 118. The Balaban J connectivity index is 0.000000111. The number of benzene rings is 4. The normalized spacial score (nSPS) is 12.7. The van der Waals surface area contributed by atoms with Gasteiger partial charge in [0.25, 0.3) is 0 Å². The molecule has 0 saturated heterocycles. The Bertz CT molecular complexity index is 7550. The van der Waals surface area contributed by atoms with E-state index >= 15 is 0 Å². The van der Waals surface area contributed by atoms with Crippen LogP contribution < -0.4 is 21.3 Å². The van der Waals surface area contributed by atoms with Crippen molar-refractivity contribution in [1.82, 2.24) is 98.3 Å². The molecule has 24 nitrogen and oxygen atoms in total. The van der Waals surface area contributed by atoms with Crippen molar-refractivity contribution >= 4 is 89.5 Å². The number of para-hydroxylation sites is 2. The predicted octanol–water partition coefficient (Wildman–Crippen LogP) is 20.6. The highest BCUT2D eigenvalue weighted by atomic mass is 19.2. The van der Waals surface area contributed by atoms with E-state index in [1.807, 2.05) is 71.8 Å². The first kappa shape index (κ1) is 82.4. The number of pyridine rings is 4. The molecule has 2 fully saturated rings. The third kappa shape index (κ3) is 17.2. The molecule has 0 spiro atoms. The fourth-order valence-electron chi connectivity index (χ4n) is 16.6. The second-order valence-electron chi connectivity index (χ2n) is 32.4. The van der Waals surface area contributed by atoms with Crippen molar-refractivity contribution in [2.75, 3.05) is 47.4 Å². The minimum absolute atomic E-state index is 0.266. The maximum Gasteiger partial charge on any atom is 0.161 e. The molecule has 0 radical (unpaired) electrons. The van der Waals surface area contributed by atoms with E-state index in [-0.39, 0.29) is 17.6 Å². The van der Waals surface area contributed by atoms with Gasteiger partial charge in [0.2, 0.25) is 0 Å². The third-order valence-electron chi connectivity index (χ3n) is 23.3. The van der Waals surface area contributed by atoms with Crippen molar-refractivity contribution < 1.29 is 35.1 Å². The molecule has 20 aromatic rings. The van der Waals surface area contributed by atoms with Gasteiger partial charge in [-0.3, -0.25) is 19.9 Å². The van der Waals surface area contributed by atoms with Crippen LogP contribution in [0, 0.1) is 67.3 Å². The second kappa shape index (κ2) is 35.1. The lowest BCUT2D eigenvalue weighted by atomic mass is 10.1. The maximum absolute atomic E-state index is 14.2. The van der Waals surface area contributed by atoms with Crippen LogP contribution in [0.2, 0.25) is 0 Å². The number of hydrogen-bond acceptors (Lipinski definition) is 16. The molecular weight excluding hydrogens is 1640 g/mol. The number of H-pyrrole nitrogens is 4. The average molecular weight is 1730 g/mol. The molecule has 0 amide bonds. The number of nitrogens with zero attached hydrogens (tertiary/aromatic N) is 16. The second-order valence-corrected chi connectivity index (χ2v) is 32.4. The molecule has 128 heavy (non-hydrogen) atoms. The Morgan fingerprint density at radius 2 is 0.773 bits per heavy atom. The van der Waals surface area contributed by atoms with Crippen LogP contribution in [-0.4, -0.2) is 124 Å². The van der Waals surface area contributed by atoms with E-state index in [2.05, 4.69) is 150 Å². The summed E-state index contributed by atoms with van der Waals surface area (Å²) in [7, 11) is 0. The molecule has 2 aliphatic carbocycles. The van der Waals surface area contributed by atoms with Crippen LogP contribution in [0.1, 0.15) is 113 Å². The molecule has 8 N–H and O–H groups in total. The minimum Gasteiger partial charge on any atom is -0.370 e. The van der Waals surface area contributed by atoms with E-state index in [1.54, 1.807) is 52.1 Å². The van der Waals surface area contributed by atoms with Crippen LogP contribution >= 0.6 is 0 Å². The first-order valence-electron chi connectivity index (χ1n) is 42.2. The Morgan fingerprint density at radius 1 is 0.375 bits per heavy atom. The molecule has 16 heterocycles. The van der Waals surface area contributed by atoms with E-state index < -0.39 is 34.9 Å². The van der Waals surface area contributed by atoms with E-state index in [0.717, 1.165) is 155 Å². The van der Waals surface area contributed by atoms with Gasteiger partial charge in [0, 0.05) is 188 Å². The van der Waals surface area contributed by atoms with Crippen LogP contribution in [0.15, 0.2) is 208 Å². The molecule has 16 aromatic heterocycles. The number of hydrogen-bond donors (Lipinski definition) is 8. The summed E-state index contributed by atoms with van der Waals surface area (Å²) >= 11 is 0. The number of aryl methyl sites for hydroxylation is 3. The molecule has 4 aromatic carbocycles. The molecule has 2 saturated carbocycles. The fraction of sp³-hybridized carbons (Fsp3) is 0.208. The Labute approximate surface area is 725 Å². The average Bonchev–Trinajstić information content (AvgIpc) is 1.61. The molecule has 32 heteroatoms. The quantitative estimate of drug-likeness (QED) is 0.0276. The monoisotopic (exact) mass is 1720 g/mol. The SMILES string of the molecule is Cc1[nH]c2c(F)cc(F)cc2c1CCNc1cc(-c2cncc(F)c2)nc2c(C3CC3)cnn12.Cc1[nH]c2c(F)cc(F)cc2c1CCNc1cc(-c2cncc(F)c2)nc2ccnn12.Cc1[nH]c2ccccc2c1CCNc1cc(-c2cncc(F)c2)nc2c(C(C)C)cnn12.Fc1cncc(-c2cc(NCCc3c[nH]c4ccccc34)n3ncc(C4CC4)c3n2)c1. The number of nitrogens with one attached hydrogen (secondary N) is 8. The van der Waals surface area contributed by atoms with Gasteiger partial charge in [0.1, 0.15) is 69.8 Å². The highest BCUT2D eigenvalue weighted by Crippen LogP contribution is 2.44. The smallest absolute Gasteiger partial charge is 0.161 e. The van der Waals surface area contributed by atoms with E-state index in [0.29, 0.717) is 122 Å². The number of fused-ring (bicyclic) bond motifs is 8. The highest BCUT2D eigenvalue weighted by Gasteiger charge is 2.31. The highest BCUT2D eigenvalue weighted by molar-refractivity contribution is 5.88. The molecular formula is C96H84F8N24. The number of anilines is 4. The number of halogens is 8. The van der Waals surface area contributed by atoms with E-state index in [1.165, 1.54) is 76.4 Å². The molecule has 22 rings (SSSR count). The van der Waals surface area contributed by atoms with E-state index in [9.17, 15) is 35.1 Å². The van der Waals surface area contributed by atoms with Gasteiger partial charge in [-0.25, -0.2) is 55.1 Å². The van der Waals surface area contributed by atoms with Crippen LogP contribution in [0.4, 0.5) is 58.4 Å². The van der Waals surface area contributed by atoms with Crippen molar-refractivity contribution in [3.8, 4) is 45.0 Å². The number of aromatic nitrogens is 20. The van der Waals surface area contributed by atoms with Crippen LogP contribution in [0.5, 0.6) is 0 Å². The van der Waals surface area contributed by atoms with Gasteiger partial charge in [0.15, 0.2) is 22.6 Å². The number of aromatic amines is 4. The topological polar surface area (TPSA) is 284 Å². The van der Waals surface area contributed by atoms with Gasteiger partial charge >= 0.3 is 0 Å². The Morgan fingerprint density at radius 3 is 1.23 bits per heavy atom. The molecule has 0 atom stereocenters. The number of rotatable bonds is 23. The summed E-state index contributed by atoms with van der Waals surface area (Å²) in [5, 5.41) is 35.3. The van der Waals surface area contributed by atoms with Crippen molar-refractivity contribution in [3.63, 3.8) is 0 Å². The Hall–Kier alpha value is -15.2. The molecule has 0 bridgehead atoms. The van der Waals surface area contributed by atoms with Crippen molar-refractivity contribution in [1.29, 1.82) is 0 Å². The van der Waals surface area contributed by atoms with Crippen molar-refractivity contribution in [2.45, 2.75) is 104 Å². The molecule has 0 unspecified atom stereocenters. The third-order valence-corrected chi connectivity index (χ3v) is 23.3. The minimum atomic E-state index is -0.613. The van der Waals surface area contributed by atoms with Crippen LogP contribution in [0.25, 0.3) is 111 Å². The molecule has 644 valence electrons. The van der Waals surface area contributed by atoms with Gasteiger partial charge < -0.3 is 41.2 Å². The Kier molecular flexibility index (Phi) is 22.6. The first-order chi connectivity index (χ1) is 62.2. The van der Waals surface area contributed by atoms with Gasteiger partial charge in [-0.2, -0.15) is 38.5 Å². The van der Waals surface area contributed by atoms with Gasteiger partial charge in [-0.15, -0.1) is 0 Å². The standard InChI is InChI=1S/C25H21F3N6.C25H25FN6.C24H21FN6.C22H17F3N6/c1-13-18(19-7-16(26)8-21(28)24(19)32-13)4-5-30-23-9-22(15-6-17(27)11-29-10-15)33-25-20(14-2-3-14)12-31-34(23)25;1-15(2)21-14-29-32-24(11-23(31-25(21)32)17-10-18(26)13-27-12-17)28-9-8-19-16(3)30-22-7-5-4-6-20(19)22;25-18-9-17(11-26-13-18)22-10-23(31-24(30-22)20(14-29-31)15-5-6-15)27-8-7-16-12-28-21-4-2-1-3-19(16)21;1-12-16(17-7-14(23)8-18(25)22(17)29-12)2-4-27-21-9-19(13-6-15(24)11-26-10-13)30-20-3-5-28-31(20)21/h6-12,14,30,32H,2-5H2,1H3;4-7,10-15,28,30H,8-9H2,1-3H3;1-4,9-15,27-28H,5-8H2;3,5-11,27,29H,2,4H2,1H3. The summed E-state index contributed by atoms with van der Waals surface area (Å²) in [6.07, 6.45) is 27.7. The summed E-state index contributed by atoms with van der Waals surface area (Å²) in [5.41, 5.74) is 21.0. The zero-order valence-corrected chi connectivity index (χ0v) is 70.0. The van der Waals surface area contributed by atoms with Gasteiger partial charge in [-0.1, -0.05) is 50.2 Å². The van der Waals surface area contributed by atoms with E-state index in [4.69, 9.17) is 15.0 Å². The van der Waals surface area contributed by atoms with Crippen molar-refractivity contribution in [2.24, 2.45) is 0 Å². The zero-order chi connectivity index (χ0) is 88.0. The van der Waals surface area contributed by atoms with Crippen LogP contribution in [0.3, 0.4) is 0 Å². The first-order valence-corrected chi connectivity index (χ1v) is 42.2. The zero-order valence-electron chi connectivity index (χ0n) is 70.0. The lowest BCUT2D eigenvalue weighted by Crippen LogP contribution is -2.10. The van der Waals surface area contributed by atoms with Crippen LogP contribution in [-0.2, 0) is 25.7 Å². The molecule has 0 aliphatic heterocycles. The predicted molar refractivity (Wildman–Crippen MR) is 479 cm³/mol.